The van der Waals surface area contributed by atoms with Crippen molar-refractivity contribution in [2.24, 2.45) is 4.99 Å². The summed E-state index contributed by atoms with van der Waals surface area (Å²) in [4.78, 5) is 29.8. The lowest BCUT2D eigenvalue weighted by molar-refractivity contribution is 0.125. The molecule has 0 aliphatic carbocycles. The molecule has 7 heteroatoms. The van der Waals surface area contributed by atoms with Crippen LogP contribution in [0.4, 0.5) is 9.59 Å². The molecule has 0 aromatic heterocycles. The fraction of sp³-hybridized carbons (Fsp3) is 0.583. The van der Waals surface area contributed by atoms with Gasteiger partial charge in [0.1, 0.15) is 0 Å². The highest BCUT2D eigenvalue weighted by Gasteiger charge is 2.18. The van der Waals surface area contributed by atoms with E-state index < -0.39 is 6.09 Å². The van der Waals surface area contributed by atoms with Crippen molar-refractivity contribution in [1.29, 1.82) is 0 Å². The molecule has 1 N–H and O–H groups in total. The highest BCUT2D eigenvalue weighted by atomic mass is 16.6. The number of guanidine groups is 1. The molecule has 3 amide bonds. The van der Waals surface area contributed by atoms with E-state index in [4.69, 9.17) is 4.74 Å². The number of nitrogens with one attached hydrogen (secondary N) is 1. The Hall–Kier alpha value is -2.05. The first kappa shape index (κ1) is 16.9. The van der Waals surface area contributed by atoms with E-state index >= 15 is 0 Å². The molecule has 0 saturated carbocycles. The summed E-state index contributed by atoms with van der Waals surface area (Å²) in [6, 6.07) is -0.385. The Kier molecular flexibility index (Phi) is 7.25. The van der Waals surface area contributed by atoms with E-state index in [-0.39, 0.29) is 18.1 Å². The minimum Gasteiger partial charge on any atom is -0.445 e. The van der Waals surface area contributed by atoms with Crippen LogP contribution in [0, 0.1) is 0 Å². The molecule has 0 atom stereocenters. The number of hydrogen-bond donors (Lipinski definition) is 1. The molecule has 0 aromatic rings. The maximum Gasteiger partial charge on any atom is 0.437 e. The summed E-state index contributed by atoms with van der Waals surface area (Å²) >= 11 is 0. The van der Waals surface area contributed by atoms with Crippen LogP contribution in [0.15, 0.2) is 17.6 Å². The number of nitrogens with zero attached hydrogens (tertiary/aromatic N) is 3. The van der Waals surface area contributed by atoms with Crippen LogP contribution in [0.5, 0.6) is 0 Å². The average molecular weight is 270 g/mol. The van der Waals surface area contributed by atoms with E-state index in [0.29, 0.717) is 6.54 Å². The number of carbonyl (C=O) groups excluding carboxylic acids is 2. The fourth-order valence-electron chi connectivity index (χ4n) is 1.15. The lowest BCUT2D eigenvalue weighted by atomic mass is 10.5. The van der Waals surface area contributed by atoms with Crippen molar-refractivity contribution in [1.82, 2.24) is 15.1 Å². The van der Waals surface area contributed by atoms with Gasteiger partial charge in [0.15, 0.2) is 0 Å². The number of ether oxygens (including phenoxy) is 1. The highest BCUT2D eigenvalue weighted by Crippen LogP contribution is 1.98. The Balaban J connectivity index is 4.89. The quantitative estimate of drug-likeness (QED) is 0.476. The van der Waals surface area contributed by atoms with Crippen LogP contribution in [0.3, 0.4) is 0 Å². The summed E-state index contributed by atoms with van der Waals surface area (Å²) in [5.41, 5.74) is 0. The molecule has 0 spiro atoms. The molecule has 0 bridgehead atoms. The molecule has 19 heavy (non-hydrogen) atoms. The van der Waals surface area contributed by atoms with Gasteiger partial charge >= 0.3 is 12.1 Å². The zero-order valence-electron chi connectivity index (χ0n) is 12.1. The summed E-state index contributed by atoms with van der Waals surface area (Å²) in [5.74, 6) is 0.187. The summed E-state index contributed by atoms with van der Waals surface area (Å²) in [5, 5.41) is 2.59. The van der Waals surface area contributed by atoms with Gasteiger partial charge < -0.3 is 15.0 Å². The largest absolute Gasteiger partial charge is 0.445 e. The van der Waals surface area contributed by atoms with E-state index in [1.54, 1.807) is 38.9 Å². The number of rotatable bonds is 3. The number of aliphatic imine (C=N–C) groups is 1. The third-order valence-corrected chi connectivity index (χ3v) is 1.93. The van der Waals surface area contributed by atoms with Gasteiger partial charge in [0.05, 0.1) is 6.10 Å². The number of hydrogen-bond acceptors (Lipinski definition) is 3. The molecule has 0 fully saturated rings. The Morgan fingerprint density at radius 1 is 1.37 bits per heavy atom. The van der Waals surface area contributed by atoms with Crippen LogP contribution < -0.4 is 5.32 Å². The topological polar surface area (TPSA) is 74.2 Å². The third kappa shape index (κ3) is 6.44. The second kappa shape index (κ2) is 8.12. The molecule has 0 heterocycles. The fourth-order valence-corrected chi connectivity index (χ4v) is 1.15. The molecule has 0 radical (unpaired) electrons. The van der Waals surface area contributed by atoms with Crippen molar-refractivity contribution in [3.05, 3.63) is 12.7 Å². The second-order valence-corrected chi connectivity index (χ2v) is 4.27. The Labute approximate surface area is 113 Å². The van der Waals surface area contributed by atoms with Crippen LogP contribution in [0.1, 0.15) is 13.8 Å². The molecule has 108 valence electrons. The molecule has 0 rings (SSSR count). The third-order valence-electron chi connectivity index (χ3n) is 1.93. The smallest absolute Gasteiger partial charge is 0.437 e. The van der Waals surface area contributed by atoms with Gasteiger partial charge in [0.2, 0.25) is 5.96 Å². The lowest BCUT2D eigenvalue weighted by Gasteiger charge is -2.24. The molecule has 0 unspecified atom stereocenters. The predicted molar refractivity (Wildman–Crippen MR) is 74.1 cm³/mol. The van der Waals surface area contributed by atoms with E-state index in [0.717, 1.165) is 0 Å². The van der Waals surface area contributed by atoms with Gasteiger partial charge in [-0.3, -0.25) is 4.90 Å². The van der Waals surface area contributed by atoms with Crippen molar-refractivity contribution < 1.29 is 14.3 Å². The number of amides is 3. The van der Waals surface area contributed by atoms with Crippen LogP contribution in [-0.4, -0.2) is 61.7 Å². The first-order valence-electron chi connectivity index (χ1n) is 5.88. The highest BCUT2D eigenvalue weighted by molar-refractivity contribution is 5.99. The van der Waals surface area contributed by atoms with E-state index in [2.05, 4.69) is 16.9 Å². The van der Waals surface area contributed by atoms with Crippen LogP contribution in [0.25, 0.3) is 0 Å². The van der Waals surface area contributed by atoms with Gasteiger partial charge in [-0.25, -0.2) is 9.59 Å². The Morgan fingerprint density at radius 3 is 2.37 bits per heavy atom. The van der Waals surface area contributed by atoms with Crippen molar-refractivity contribution >= 4 is 18.1 Å². The minimum absolute atomic E-state index is 0.187. The van der Waals surface area contributed by atoms with E-state index in [1.807, 2.05) is 0 Å². The molecule has 0 saturated heterocycles. The maximum absolute atomic E-state index is 11.8. The molecular weight excluding hydrogens is 248 g/mol. The molecular formula is C12H22N4O3. The van der Waals surface area contributed by atoms with Gasteiger partial charge in [-0.05, 0) is 13.8 Å². The van der Waals surface area contributed by atoms with Crippen LogP contribution in [0.2, 0.25) is 0 Å². The lowest BCUT2D eigenvalue weighted by Crippen LogP contribution is -2.47. The predicted octanol–water partition coefficient (Wildman–Crippen LogP) is 1.28. The van der Waals surface area contributed by atoms with Crippen LogP contribution >= 0.6 is 0 Å². The summed E-state index contributed by atoms with van der Waals surface area (Å²) < 4.78 is 4.91. The number of carbonyl (C=O) groups is 2. The molecule has 0 aliphatic heterocycles. The van der Waals surface area contributed by atoms with Gasteiger partial charge in [-0.2, -0.15) is 0 Å². The van der Waals surface area contributed by atoms with Gasteiger partial charge in [-0.15, -0.1) is 11.6 Å². The average Bonchev–Trinajstić information content (AvgIpc) is 2.30. The Bertz CT molecular complexity index is 364. The molecule has 0 aromatic carbocycles. The normalized spacial score (nSPS) is 10.9. The number of urea groups is 1. The molecule has 7 nitrogen and oxygen atoms in total. The summed E-state index contributed by atoms with van der Waals surface area (Å²) in [6.07, 6.45) is 0.562. The summed E-state index contributed by atoms with van der Waals surface area (Å²) in [7, 11) is 4.87. The maximum atomic E-state index is 11.8. The van der Waals surface area contributed by atoms with E-state index in [9.17, 15) is 9.59 Å². The van der Waals surface area contributed by atoms with Gasteiger partial charge in [-0.1, -0.05) is 6.08 Å². The standard InChI is InChI=1S/C12H22N4O3/c1-7-8-13-11(17)16(6)10(15(4)5)14-12(18)19-9(2)3/h7,9H,1,8H2,2-6H3,(H,13,17). The second-order valence-electron chi connectivity index (χ2n) is 4.27. The Morgan fingerprint density at radius 2 is 1.95 bits per heavy atom. The first-order chi connectivity index (χ1) is 8.79. The first-order valence-corrected chi connectivity index (χ1v) is 5.88. The van der Waals surface area contributed by atoms with E-state index in [1.165, 1.54) is 11.9 Å². The zero-order chi connectivity index (χ0) is 15.0. The SMILES string of the molecule is C=CCNC(=O)N(C)C(=NC(=O)OC(C)C)N(C)C. The van der Waals surface area contributed by atoms with Gasteiger partial charge in [0.25, 0.3) is 0 Å². The van der Waals surface area contributed by atoms with Crippen LogP contribution in [-0.2, 0) is 4.74 Å². The van der Waals surface area contributed by atoms with Crippen molar-refractivity contribution in [3.8, 4) is 0 Å². The monoisotopic (exact) mass is 270 g/mol. The minimum atomic E-state index is -0.734. The van der Waals surface area contributed by atoms with Crippen molar-refractivity contribution in [2.75, 3.05) is 27.7 Å². The zero-order valence-corrected chi connectivity index (χ0v) is 12.1. The molecule has 0 aliphatic rings. The van der Waals surface area contributed by atoms with Crippen molar-refractivity contribution in [2.45, 2.75) is 20.0 Å². The van der Waals surface area contributed by atoms with Crippen molar-refractivity contribution in [3.63, 3.8) is 0 Å². The van der Waals surface area contributed by atoms with Gasteiger partial charge in [0, 0.05) is 27.7 Å². The summed E-state index contributed by atoms with van der Waals surface area (Å²) in [6.45, 7) is 7.29.